The van der Waals surface area contributed by atoms with Gasteiger partial charge in [-0.15, -0.1) is 0 Å². The van der Waals surface area contributed by atoms with Gasteiger partial charge >= 0.3 is 0 Å². The molecule has 0 bridgehead atoms. The normalized spacial score (nSPS) is 20.2. The molecule has 2 aliphatic rings. The summed E-state index contributed by atoms with van der Waals surface area (Å²) in [5.41, 5.74) is 3.47. The van der Waals surface area contributed by atoms with E-state index >= 15 is 0 Å². The molecule has 1 aromatic heterocycles. The number of amides is 1. The molecular formula is C27H29N3O6S. The zero-order valence-corrected chi connectivity index (χ0v) is 21.5. The van der Waals surface area contributed by atoms with E-state index < -0.39 is 21.9 Å². The summed E-state index contributed by atoms with van der Waals surface area (Å²) in [6.07, 6.45) is 1.99. The van der Waals surface area contributed by atoms with Crippen LogP contribution in [-0.4, -0.2) is 65.3 Å². The lowest BCUT2D eigenvalue weighted by atomic mass is 9.94. The van der Waals surface area contributed by atoms with Crippen LogP contribution in [-0.2, 0) is 9.84 Å². The SMILES string of the molecule is C=CCOc1ccc(C2c3c(-c4cc(C)ccc4O)n[nH]c3C(=O)N2C2CCS(=O)(=O)C2)cc1OCC. The first-order valence-electron chi connectivity index (χ1n) is 12.2. The first-order chi connectivity index (χ1) is 17.7. The van der Waals surface area contributed by atoms with E-state index in [4.69, 9.17) is 9.47 Å². The fourth-order valence-corrected chi connectivity index (χ4v) is 6.85. The maximum Gasteiger partial charge on any atom is 0.273 e. The highest BCUT2D eigenvalue weighted by atomic mass is 32.2. The zero-order chi connectivity index (χ0) is 26.3. The number of sulfone groups is 1. The molecule has 9 nitrogen and oxygen atoms in total. The van der Waals surface area contributed by atoms with E-state index in [0.717, 1.165) is 11.1 Å². The first kappa shape index (κ1) is 24.9. The number of nitrogens with zero attached hydrogens (tertiary/aromatic N) is 2. The van der Waals surface area contributed by atoms with Gasteiger partial charge in [-0.2, -0.15) is 5.10 Å². The molecule has 0 aliphatic carbocycles. The Morgan fingerprint density at radius 1 is 1.22 bits per heavy atom. The number of fused-ring (bicyclic) bond motifs is 1. The molecular weight excluding hydrogens is 494 g/mol. The van der Waals surface area contributed by atoms with Gasteiger partial charge in [0.2, 0.25) is 0 Å². The highest BCUT2D eigenvalue weighted by Crippen LogP contribution is 2.47. The molecule has 0 spiro atoms. The van der Waals surface area contributed by atoms with Gasteiger partial charge in [0.25, 0.3) is 5.91 Å². The van der Waals surface area contributed by atoms with E-state index in [-0.39, 0.29) is 28.9 Å². The van der Waals surface area contributed by atoms with Crippen molar-refractivity contribution in [2.75, 3.05) is 24.7 Å². The van der Waals surface area contributed by atoms with Gasteiger partial charge in [-0.1, -0.05) is 30.4 Å². The molecule has 5 rings (SSSR count). The molecule has 3 heterocycles. The second-order valence-electron chi connectivity index (χ2n) is 9.29. The number of nitrogens with one attached hydrogen (secondary N) is 1. The predicted octanol–water partition coefficient (Wildman–Crippen LogP) is 3.79. The molecule has 2 N–H and O–H groups in total. The Morgan fingerprint density at radius 3 is 2.73 bits per heavy atom. The van der Waals surface area contributed by atoms with Crippen LogP contribution in [0.15, 0.2) is 49.1 Å². The second kappa shape index (κ2) is 9.59. The van der Waals surface area contributed by atoms with Crippen molar-refractivity contribution < 1.29 is 27.8 Å². The van der Waals surface area contributed by atoms with Gasteiger partial charge in [-0.3, -0.25) is 9.89 Å². The average Bonchev–Trinajstić information content (AvgIpc) is 3.53. The Labute approximate surface area is 215 Å². The van der Waals surface area contributed by atoms with Gasteiger partial charge in [0.15, 0.2) is 21.3 Å². The molecule has 2 aliphatic heterocycles. The monoisotopic (exact) mass is 523 g/mol. The third kappa shape index (κ3) is 4.46. The van der Waals surface area contributed by atoms with Crippen molar-refractivity contribution in [1.82, 2.24) is 15.1 Å². The standard InChI is InChI=1S/C27H29N3O6S/c1-4-11-36-21-9-7-17(14-22(21)35-5-2)26-23-24(19-13-16(3)6-8-20(19)31)28-29-25(23)27(32)30(26)18-10-12-37(33,34)15-18/h4,6-9,13-14,18,26,31H,1,5,10-12,15H2,2-3H3,(H,28,29). The molecule has 0 saturated carbocycles. The summed E-state index contributed by atoms with van der Waals surface area (Å²) in [7, 11) is -3.25. The van der Waals surface area contributed by atoms with Gasteiger partial charge in [-0.25, -0.2) is 8.42 Å². The van der Waals surface area contributed by atoms with E-state index in [1.165, 1.54) is 0 Å². The fraction of sp³-hybridized carbons (Fsp3) is 0.333. The van der Waals surface area contributed by atoms with Crippen LogP contribution in [0.5, 0.6) is 17.2 Å². The van der Waals surface area contributed by atoms with Gasteiger partial charge in [-0.05, 0) is 50.1 Å². The maximum absolute atomic E-state index is 13.7. The molecule has 1 saturated heterocycles. The van der Waals surface area contributed by atoms with Crippen LogP contribution in [0.25, 0.3) is 11.3 Å². The van der Waals surface area contributed by atoms with Crippen molar-refractivity contribution in [3.8, 4) is 28.5 Å². The molecule has 2 unspecified atom stereocenters. The number of H-pyrrole nitrogens is 1. The Kier molecular flexibility index (Phi) is 6.45. The van der Waals surface area contributed by atoms with Gasteiger partial charge in [0.05, 0.1) is 24.2 Å². The van der Waals surface area contributed by atoms with Gasteiger partial charge in [0, 0.05) is 17.2 Å². The minimum absolute atomic E-state index is 0.0321. The summed E-state index contributed by atoms with van der Waals surface area (Å²) in [5.74, 6) is 0.689. The molecule has 10 heteroatoms. The van der Waals surface area contributed by atoms with E-state index in [2.05, 4.69) is 16.8 Å². The van der Waals surface area contributed by atoms with Crippen LogP contribution in [0, 0.1) is 6.92 Å². The maximum atomic E-state index is 13.7. The van der Waals surface area contributed by atoms with Crippen molar-refractivity contribution in [3.05, 3.63) is 71.4 Å². The Hall–Kier alpha value is -3.79. The van der Waals surface area contributed by atoms with Crippen molar-refractivity contribution in [3.63, 3.8) is 0 Å². The number of aromatic amines is 1. The number of rotatable bonds is 8. The number of aromatic nitrogens is 2. The van der Waals surface area contributed by atoms with Gasteiger partial charge < -0.3 is 19.5 Å². The molecule has 194 valence electrons. The van der Waals surface area contributed by atoms with E-state index in [0.29, 0.717) is 48.0 Å². The molecule has 2 atom stereocenters. The highest BCUT2D eigenvalue weighted by Gasteiger charge is 2.48. The predicted molar refractivity (Wildman–Crippen MR) is 139 cm³/mol. The quantitative estimate of drug-likeness (QED) is 0.431. The first-order valence-corrected chi connectivity index (χ1v) is 14.0. The number of hydrogen-bond donors (Lipinski definition) is 2. The van der Waals surface area contributed by atoms with Crippen LogP contribution in [0.3, 0.4) is 0 Å². The van der Waals surface area contributed by atoms with Crippen LogP contribution in [0.4, 0.5) is 0 Å². The number of carbonyl (C=O) groups excluding carboxylic acids is 1. The summed E-state index contributed by atoms with van der Waals surface area (Å²) in [6, 6.07) is 9.51. The number of aryl methyl sites for hydroxylation is 1. The number of phenolic OH excluding ortho intramolecular Hbond substituents is 1. The second-order valence-corrected chi connectivity index (χ2v) is 11.5. The Bertz CT molecular complexity index is 1480. The molecule has 2 aromatic carbocycles. The lowest BCUT2D eigenvalue weighted by Crippen LogP contribution is -2.40. The minimum Gasteiger partial charge on any atom is -0.507 e. The van der Waals surface area contributed by atoms with Crippen LogP contribution in [0.2, 0.25) is 0 Å². The van der Waals surface area contributed by atoms with E-state index in [1.807, 2.05) is 32.0 Å². The molecule has 1 fully saturated rings. The summed E-state index contributed by atoms with van der Waals surface area (Å²) >= 11 is 0. The largest absolute Gasteiger partial charge is 0.507 e. The minimum atomic E-state index is -3.25. The van der Waals surface area contributed by atoms with Crippen molar-refractivity contribution >= 4 is 15.7 Å². The molecule has 3 aromatic rings. The lowest BCUT2D eigenvalue weighted by molar-refractivity contribution is 0.0677. The lowest BCUT2D eigenvalue weighted by Gasteiger charge is -2.31. The number of aromatic hydroxyl groups is 1. The Morgan fingerprint density at radius 2 is 2.03 bits per heavy atom. The highest BCUT2D eigenvalue weighted by molar-refractivity contribution is 7.91. The van der Waals surface area contributed by atoms with Crippen LogP contribution in [0.1, 0.15) is 46.6 Å². The zero-order valence-electron chi connectivity index (χ0n) is 20.7. The number of ether oxygens (including phenoxy) is 2. The van der Waals surface area contributed by atoms with E-state index in [9.17, 15) is 18.3 Å². The fourth-order valence-electron chi connectivity index (χ4n) is 5.14. The third-order valence-electron chi connectivity index (χ3n) is 6.75. The number of carbonyl (C=O) groups is 1. The Balaban J connectivity index is 1.68. The summed E-state index contributed by atoms with van der Waals surface area (Å²) in [4.78, 5) is 15.4. The summed E-state index contributed by atoms with van der Waals surface area (Å²) < 4.78 is 36.4. The van der Waals surface area contributed by atoms with Crippen LogP contribution < -0.4 is 9.47 Å². The topological polar surface area (TPSA) is 122 Å². The average molecular weight is 524 g/mol. The van der Waals surface area contributed by atoms with Crippen LogP contribution >= 0.6 is 0 Å². The smallest absolute Gasteiger partial charge is 0.273 e. The van der Waals surface area contributed by atoms with Gasteiger partial charge in [0.1, 0.15) is 23.7 Å². The molecule has 0 radical (unpaired) electrons. The summed E-state index contributed by atoms with van der Waals surface area (Å²) in [6.45, 7) is 8.17. The number of hydrogen-bond acceptors (Lipinski definition) is 7. The van der Waals surface area contributed by atoms with E-state index in [1.54, 1.807) is 29.2 Å². The molecule has 1 amide bonds. The van der Waals surface area contributed by atoms with Crippen molar-refractivity contribution in [2.24, 2.45) is 0 Å². The summed E-state index contributed by atoms with van der Waals surface area (Å²) in [5, 5.41) is 18.0. The third-order valence-corrected chi connectivity index (χ3v) is 8.50. The number of phenols is 1. The molecule has 37 heavy (non-hydrogen) atoms. The van der Waals surface area contributed by atoms with Crippen molar-refractivity contribution in [2.45, 2.75) is 32.4 Å². The number of benzene rings is 2. The van der Waals surface area contributed by atoms with Crippen molar-refractivity contribution in [1.29, 1.82) is 0 Å².